The second kappa shape index (κ2) is 5.85. The number of nitrogens with zero attached hydrogens (tertiary/aromatic N) is 1. The van der Waals surface area contributed by atoms with Gasteiger partial charge in [-0.3, -0.25) is 14.4 Å². The van der Waals surface area contributed by atoms with Crippen molar-refractivity contribution in [2.24, 2.45) is 5.73 Å². The number of urea groups is 1. The summed E-state index contributed by atoms with van der Waals surface area (Å²) in [5.74, 6) is -2.60. The van der Waals surface area contributed by atoms with Crippen LogP contribution in [-0.2, 0) is 4.79 Å². The number of carbonyl (C=O) groups excluding carboxylic acids is 4. The highest BCUT2D eigenvalue weighted by Gasteiger charge is 2.44. The SMILES string of the molecule is CC(=O)c1csc(C(=O)C2C(=O)N(C(N)=O)c3ccc(Cl)cc32)c1. The molecule has 0 fully saturated rings. The Morgan fingerprint density at radius 2 is 1.96 bits per heavy atom. The third kappa shape index (κ3) is 2.51. The van der Waals surface area contributed by atoms with Crippen LogP contribution in [0.5, 0.6) is 0 Å². The number of Topliss-reactive ketones (excluding diaryl/α,β-unsaturated/α-hetero) is 2. The molecule has 0 bridgehead atoms. The van der Waals surface area contributed by atoms with Crippen LogP contribution in [0.25, 0.3) is 0 Å². The van der Waals surface area contributed by atoms with Crippen LogP contribution < -0.4 is 10.6 Å². The van der Waals surface area contributed by atoms with Crippen molar-refractivity contribution < 1.29 is 19.2 Å². The molecule has 8 heteroatoms. The molecule has 1 atom stereocenters. The molecule has 1 unspecified atom stereocenters. The van der Waals surface area contributed by atoms with E-state index in [4.69, 9.17) is 17.3 Å². The largest absolute Gasteiger partial charge is 0.351 e. The summed E-state index contributed by atoms with van der Waals surface area (Å²) >= 11 is 7.03. The fourth-order valence-corrected chi connectivity index (χ4v) is 3.71. The van der Waals surface area contributed by atoms with Crippen molar-refractivity contribution in [3.63, 3.8) is 0 Å². The molecule has 122 valence electrons. The van der Waals surface area contributed by atoms with Gasteiger partial charge in [0.15, 0.2) is 11.6 Å². The Kier molecular flexibility index (Phi) is 3.98. The molecular formula is C16H11ClN2O4S. The van der Waals surface area contributed by atoms with Crippen molar-refractivity contribution in [2.75, 3.05) is 4.90 Å². The van der Waals surface area contributed by atoms with Gasteiger partial charge in [-0.05, 0) is 36.8 Å². The maximum Gasteiger partial charge on any atom is 0.326 e. The van der Waals surface area contributed by atoms with Crippen molar-refractivity contribution in [2.45, 2.75) is 12.8 Å². The average Bonchev–Trinajstić information content (AvgIpc) is 3.08. The predicted molar refractivity (Wildman–Crippen MR) is 89.9 cm³/mol. The van der Waals surface area contributed by atoms with Crippen molar-refractivity contribution in [1.29, 1.82) is 0 Å². The number of amides is 3. The Balaban J connectivity index is 2.08. The zero-order valence-corrected chi connectivity index (χ0v) is 14.0. The molecule has 6 nitrogen and oxygen atoms in total. The second-order valence-corrected chi connectivity index (χ2v) is 6.62. The predicted octanol–water partition coefficient (Wildman–Crippen LogP) is 3.00. The molecule has 1 aliphatic rings. The van der Waals surface area contributed by atoms with E-state index >= 15 is 0 Å². The Morgan fingerprint density at radius 1 is 1.25 bits per heavy atom. The highest BCUT2D eigenvalue weighted by molar-refractivity contribution is 7.12. The Bertz CT molecular complexity index is 905. The Labute approximate surface area is 145 Å². The number of primary amides is 1. The number of hydrogen-bond acceptors (Lipinski definition) is 5. The molecule has 3 rings (SSSR count). The second-order valence-electron chi connectivity index (χ2n) is 5.27. The number of anilines is 1. The standard InChI is InChI=1S/C16H11ClN2O4S/c1-7(20)8-4-12(24-6-8)14(21)13-10-5-9(17)2-3-11(10)19(15(13)22)16(18)23/h2-6,13H,1H3,(H2,18,23). The van der Waals surface area contributed by atoms with Crippen molar-refractivity contribution >= 4 is 52.1 Å². The lowest BCUT2D eigenvalue weighted by molar-refractivity contribution is -0.117. The van der Waals surface area contributed by atoms with Gasteiger partial charge in [0.1, 0.15) is 5.92 Å². The highest BCUT2D eigenvalue weighted by Crippen LogP contribution is 2.41. The smallest absolute Gasteiger partial charge is 0.326 e. The van der Waals surface area contributed by atoms with Crippen LogP contribution in [0.15, 0.2) is 29.6 Å². The van der Waals surface area contributed by atoms with Gasteiger partial charge in [0.2, 0.25) is 0 Å². The molecule has 1 aliphatic heterocycles. The van der Waals surface area contributed by atoms with Crippen molar-refractivity contribution in [3.05, 3.63) is 50.7 Å². The molecule has 3 amide bonds. The summed E-state index contributed by atoms with van der Waals surface area (Å²) in [6.45, 7) is 1.39. The van der Waals surface area contributed by atoms with E-state index in [2.05, 4.69) is 0 Å². The van der Waals surface area contributed by atoms with Gasteiger partial charge in [-0.2, -0.15) is 0 Å². The number of fused-ring (bicyclic) bond motifs is 1. The van der Waals surface area contributed by atoms with Gasteiger partial charge in [0.25, 0.3) is 5.91 Å². The molecule has 0 saturated heterocycles. The first-order chi connectivity index (χ1) is 11.3. The zero-order chi connectivity index (χ0) is 17.6. The first-order valence-electron chi connectivity index (χ1n) is 6.87. The molecule has 0 radical (unpaired) electrons. The molecule has 1 aromatic heterocycles. The van der Waals surface area contributed by atoms with Crippen LogP contribution in [0, 0.1) is 0 Å². The summed E-state index contributed by atoms with van der Waals surface area (Å²) in [6, 6.07) is 4.94. The maximum absolute atomic E-state index is 12.8. The van der Waals surface area contributed by atoms with Gasteiger partial charge in [-0.1, -0.05) is 11.6 Å². The number of thiophene rings is 1. The molecule has 0 saturated carbocycles. The summed E-state index contributed by atoms with van der Waals surface area (Å²) in [6.07, 6.45) is 0. The van der Waals surface area contributed by atoms with Crippen molar-refractivity contribution in [1.82, 2.24) is 0 Å². The molecule has 0 spiro atoms. The minimum atomic E-state index is -1.20. The van der Waals surface area contributed by atoms with Gasteiger partial charge >= 0.3 is 6.03 Å². The van der Waals surface area contributed by atoms with E-state index in [0.717, 1.165) is 16.2 Å². The summed E-state index contributed by atoms with van der Waals surface area (Å²) in [5.41, 5.74) is 6.24. The lowest BCUT2D eigenvalue weighted by Crippen LogP contribution is -2.40. The number of hydrogen-bond donors (Lipinski definition) is 1. The summed E-state index contributed by atoms with van der Waals surface area (Å²) in [4.78, 5) is 49.4. The number of nitrogens with two attached hydrogens (primary N) is 1. The van der Waals surface area contributed by atoms with E-state index in [1.54, 1.807) is 5.38 Å². The number of imide groups is 1. The molecular weight excluding hydrogens is 352 g/mol. The first-order valence-corrected chi connectivity index (χ1v) is 8.13. The van der Waals surface area contributed by atoms with Gasteiger partial charge < -0.3 is 5.73 Å². The molecule has 24 heavy (non-hydrogen) atoms. The lowest BCUT2D eigenvalue weighted by atomic mass is 9.95. The van der Waals surface area contributed by atoms with Crippen LogP contribution in [0.3, 0.4) is 0 Å². The molecule has 0 aliphatic carbocycles. The fourth-order valence-electron chi connectivity index (χ4n) is 2.61. The summed E-state index contributed by atoms with van der Waals surface area (Å²) in [7, 11) is 0. The normalized spacial score (nSPS) is 16.2. The molecule has 2 heterocycles. The number of carbonyl (C=O) groups is 4. The van der Waals surface area contributed by atoms with E-state index in [0.29, 0.717) is 16.1 Å². The maximum atomic E-state index is 12.8. The minimum absolute atomic E-state index is 0.176. The monoisotopic (exact) mass is 362 g/mol. The fraction of sp³-hybridized carbons (Fsp3) is 0.125. The van der Waals surface area contributed by atoms with Crippen LogP contribution in [0.1, 0.15) is 38.4 Å². The minimum Gasteiger partial charge on any atom is -0.351 e. The van der Waals surface area contributed by atoms with Crippen LogP contribution in [0.4, 0.5) is 10.5 Å². The van der Waals surface area contributed by atoms with Crippen LogP contribution in [-0.4, -0.2) is 23.5 Å². The van der Waals surface area contributed by atoms with Crippen LogP contribution >= 0.6 is 22.9 Å². The topological polar surface area (TPSA) is 97.5 Å². The van der Waals surface area contributed by atoms with E-state index < -0.39 is 23.6 Å². The number of rotatable bonds is 3. The van der Waals surface area contributed by atoms with Crippen molar-refractivity contribution in [3.8, 4) is 0 Å². The van der Waals surface area contributed by atoms with E-state index in [-0.39, 0.29) is 16.3 Å². The van der Waals surface area contributed by atoms with Gasteiger partial charge in [0.05, 0.1) is 10.6 Å². The number of halogens is 1. The van der Waals surface area contributed by atoms with Gasteiger partial charge in [0, 0.05) is 16.0 Å². The molecule has 2 N–H and O–H groups in total. The van der Waals surface area contributed by atoms with E-state index in [9.17, 15) is 19.2 Å². The van der Waals surface area contributed by atoms with Gasteiger partial charge in [-0.15, -0.1) is 11.3 Å². The highest BCUT2D eigenvalue weighted by atomic mass is 35.5. The van der Waals surface area contributed by atoms with E-state index in [1.807, 2.05) is 0 Å². The zero-order valence-electron chi connectivity index (χ0n) is 12.4. The average molecular weight is 363 g/mol. The van der Waals surface area contributed by atoms with Gasteiger partial charge in [-0.25, -0.2) is 9.69 Å². The number of ketones is 2. The van der Waals surface area contributed by atoms with Crippen LogP contribution in [0.2, 0.25) is 5.02 Å². The number of benzene rings is 1. The summed E-state index contributed by atoms with van der Waals surface area (Å²) < 4.78 is 0. The summed E-state index contributed by atoms with van der Waals surface area (Å²) in [5, 5.41) is 1.89. The third-order valence-corrected chi connectivity index (χ3v) is 4.92. The molecule has 1 aromatic carbocycles. The Hall–Kier alpha value is -2.51. The first kappa shape index (κ1) is 16.4. The quantitative estimate of drug-likeness (QED) is 0.670. The third-order valence-electron chi connectivity index (χ3n) is 3.74. The lowest BCUT2D eigenvalue weighted by Gasteiger charge is -2.12. The van der Waals surface area contributed by atoms with E-state index in [1.165, 1.54) is 31.2 Å². The Morgan fingerprint density at radius 3 is 2.54 bits per heavy atom. The molecule has 2 aromatic rings.